The number of carbonyl (C=O) groups excluding carboxylic acids is 1. The first kappa shape index (κ1) is 15.8. The van der Waals surface area contributed by atoms with Crippen molar-refractivity contribution in [3.05, 3.63) is 0 Å². The molecular formula is C16H31N3O. The summed E-state index contributed by atoms with van der Waals surface area (Å²) in [5.41, 5.74) is 0. The zero-order chi connectivity index (χ0) is 14.4. The SMILES string of the molecule is CC(C)CN1CCC(NC(=O)CCC2CCNC2)CC1. The quantitative estimate of drug-likeness (QED) is 0.777. The molecule has 0 saturated carbocycles. The fourth-order valence-electron chi connectivity index (χ4n) is 3.37. The fraction of sp³-hybridized carbons (Fsp3) is 0.938. The monoisotopic (exact) mass is 281 g/mol. The molecule has 2 rings (SSSR count). The van der Waals surface area contributed by atoms with Crippen molar-refractivity contribution < 1.29 is 4.79 Å². The first-order valence-corrected chi connectivity index (χ1v) is 8.36. The molecule has 0 aromatic rings. The van der Waals surface area contributed by atoms with Crippen molar-refractivity contribution in [1.29, 1.82) is 0 Å². The van der Waals surface area contributed by atoms with Gasteiger partial charge >= 0.3 is 0 Å². The van der Waals surface area contributed by atoms with Gasteiger partial charge < -0.3 is 15.5 Å². The van der Waals surface area contributed by atoms with Crippen molar-refractivity contribution in [2.24, 2.45) is 11.8 Å². The van der Waals surface area contributed by atoms with Crippen LogP contribution in [0.5, 0.6) is 0 Å². The molecule has 1 unspecified atom stereocenters. The average molecular weight is 281 g/mol. The van der Waals surface area contributed by atoms with Crippen LogP contribution in [0.4, 0.5) is 0 Å². The number of piperidine rings is 1. The van der Waals surface area contributed by atoms with Gasteiger partial charge in [0.25, 0.3) is 0 Å². The van der Waals surface area contributed by atoms with Crippen molar-refractivity contribution in [1.82, 2.24) is 15.5 Å². The molecule has 2 aliphatic heterocycles. The third-order valence-corrected chi connectivity index (χ3v) is 4.52. The van der Waals surface area contributed by atoms with E-state index in [2.05, 4.69) is 29.4 Å². The largest absolute Gasteiger partial charge is 0.353 e. The molecule has 0 bridgehead atoms. The van der Waals surface area contributed by atoms with E-state index in [1.165, 1.54) is 13.0 Å². The summed E-state index contributed by atoms with van der Waals surface area (Å²) in [6, 6.07) is 0.410. The van der Waals surface area contributed by atoms with Crippen molar-refractivity contribution in [3.63, 3.8) is 0 Å². The molecule has 20 heavy (non-hydrogen) atoms. The molecule has 1 amide bonds. The van der Waals surface area contributed by atoms with Crippen LogP contribution in [0.2, 0.25) is 0 Å². The second-order valence-corrected chi connectivity index (χ2v) is 6.93. The van der Waals surface area contributed by atoms with Crippen LogP contribution < -0.4 is 10.6 Å². The lowest BCUT2D eigenvalue weighted by molar-refractivity contribution is -0.122. The molecule has 4 nitrogen and oxygen atoms in total. The van der Waals surface area contributed by atoms with Gasteiger partial charge in [-0.2, -0.15) is 0 Å². The number of hydrogen-bond donors (Lipinski definition) is 2. The highest BCUT2D eigenvalue weighted by molar-refractivity contribution is 5.76. The Bertz CT molecular complexity index is 292. The zero-order valence-corrected chi connectivity index (χ0v) is 13.2. The van der Waals surface area contributed by atoms with E-state index in [-0.39, 0.29) is 5.91 Å². The Hall–Kier alpha value is -0.610. The summed E-state index contributed by atoms with van der Waals surface area (Å²) >= 11 is 0. The molecule has 2 N–H and O–H groups in total. The number of rotatable bonds is 6. The third kappa shape index (κ3) is 5.41. The molecule has 0 aliphatic carbocycles. The van der Waals surface area contributed by atoms with Crippen molar-refractivity contribution in [2.75, 3.05) is 32.7 Å². The Morgan fingerprint density at radius 2 is 2.05 bits per heavy atom. The van der Waals surface area contributed by atoms with Crippen LogP contribution in [0.25, 0.3) is 0 Å². The topological polar surface area (TPSA) is 44.4 Å². The smallest absolute Gasteiger partial charge is 0.220 e. The summed E-state index contributed by atoms with van der Waals surface area (Å²) in [6.45, 7) is 10.2. The van der Waals surface area contributed by atoms with Crippen molar-refractivity contribution >= 4 is 5.91 Å². The lowest BCUT2D eigenvalue weighted by Gasteiger charge is -2.33. The van der Waals surface area contributed by atoms with E-state index in [0.717, 1.165) is 51.4 Å². The summed E-state index contributed by atoms with van der Waals surface area (Å²) in [5.74, 6) is 1.72. The van der Waals surface area contributed by atoms with Gasteiger partial charge in [-0.1, -0.05) is 13.8 Å². The molecule has 2 heterocycles. The Morgan fingerprint density at radius 3 is 2.65 bits per heavy atom. The number of likely N-dealkylation sites (tertiary alicyclic amines) is 1. The number of nitrogens with zero attached hydrogens (tertiary/aromatic N) is 1. The number of nitrogens with one attached hydrogen (secondary N) is 2. The molecule has 0 radical (unpaired) electrons. The van der Waals surface area contributed by atoms with Gasteiger partial charge in [0.15, 0.2) is 0 Å². The maximum Gasteiger partial charge on any atom is 0.220 e. The highest BCUT2D eigenvalue weighted by Gasteiger charge is 2.21. The molecule has 2 aliphatic rings. The maximum atomic E-state index is 12.0. The number of amides is 1. The van der Waals surface area contributed by atoms with Crippen LogP contribution in [-0.2, 0) is 4.79 Å². The highest BCUT2D eigenvalue weighted by Crippen LogP contribution is 2.15. The van der Waals surface area contributed by atoms with Gasteiger partial charge in [0.2, 0.25) is 5.91 Å². The summed E-state index contributed by atoms with van der Waals surface area (Å²) in [4.78, 5) is 14.5. The minimum absolute atomic E-state index is 0.263. The summed E-state index contributed by atoms with van der Waals surface area (Å²) in [5, 5.41) is 6.59. The maximum absolute atomic E-state index is 12.0. The van der Waals surface area contributed by atoms with Crippen LogP contribution in [0.3, 0.4) is 0 Å². The van der Waals surface area contributed by atoms with E-state index < -0.39 is 0 Å². The second kappa shape index (κ2) is 7.99. The fourth-order valence-corrected chi connectivity index (χ4v) is 3.37. The molecule has 4 heteroatoms. The van der Waals surface area contributed by atoms with Gasteiger partial charge in [-0.3, -0.25) is 4.79 Å². The third-order valence-electron chi connectivity index (χ3n) is 4.52. The predicted molar refractivity (Wildman–Crippen MR) is 82.7 cm³/mol. The molecule has 116 valence electrons. The minimum Gasteiger partial charge on any atom is -0.353 e. The van der Waals surface area contributed by atoms with Gasteiger partial charge in [-0.25, -0.2) is 0 Å². The zero-order valence-electron chi connectivity index (χ0n) is 13.2. The Balaban J connectivity index is 1.58. The van der Waals surface area contributed by atoms with Gasteiger partial charge in [-0.05, 0) is 50.6 Å². The van der Waals surface area contributed by atoms with E-state index in [0.29, 0.717) is 18.4 Å². The average Bonchev–Trinajstić information content (AvgIpc) is 2.91. The first-order valence-electron chi connectivity index (χ1n) is 8.36. The van der Waals surface area contributed by atoms with Crippen molar-refractivity contribution in [2.45, 2.75) is 52.0 Å². The highest BCUT2D eigenvalue weighted by atomic mass is 16.1. The number of carbonyl (C=O) groups is 1. The van der Waals surface area contributed by atoms with Crippen LogP contribution in [0, 0.1) is 11.8 Å². The molecule has 2 saturated heterocycles. The minimum atomic E-state index is 0.263. The standard InChI is InChI=1S/C16H31N3O/c1-13(2)12-19-9-6-15(7-10-19)18-16(20)4-3-14-5-8-17-11-14/h13-15,17H,3-12H2,1-2H3,(H,18,20). The molecule has 0 aromatic carbocycles. The summed E-state index contributed by atoms with van der Waals surface area (Å²) in [7, 11) is 0. The second-order valence-electron chi connectivity index (χ2n) is 6.93. The van der Waals surface area contributed by atoms with E-state index in [4.69, 9.17) is 0 Å². The van der Waals surface area contributed by atoms with E-state index in [1.807, 2.05) is 0 Å². The van der Waals surface area contributed by atoms with E-state index in [9.17, 15) is 4.79 Å². The van der Waals surface area contributed by atoms with E-state index in [1.54, 1.807) is 0 Å². The van der Waals surface area contributed by atoms with Gasteiger partial charge in [0.05, 0.1) is 0 Å². The van der Waals surface area contributed by atoms with Crippen LogP contribution in [0.1, 0.15) is 46.0 Å². The Kier molecular flexibility index (Phi) is 6.30. The normalized spacial score (nSPS) is 25.2. The predicted octanol–water partition coefficient (Wildman–Crippen LogP) is 1.61. The van der Waals surface area contributed by atoms with Crippen molar-refractivity contribution in [3.8, 4) is 0 Å². The Labute approximate surface area is 123 Å². The van der Waals surface area contributed by atoms with Crippen LogP contribution in [0.15, 0.2) is 0 Å². The van der Waals surface area contributed by atoms with Gasteiger partial charge in [-0.15, -0.1) is 0 Å². The molecule has 2 fully saturated rings. The lowest BCUT2D eigenvalue weighted by atomic mass is 10.0. The molecule has 1 atom stereocenters. The van der Waals surface area contributed by atoms with Crippen LogP contribution in [-0.4, -0.2) is 49.6 Å². The first-order chi connectivity index (χ1) is 9.63. The van der Waals surface area contributed by atoms with E-state index >= 15 is 0 Å². The molecular weight excluding hydrogens is 250 g/mol. The summed E-state index contributed by atoms with van der Waals surface area (Å²) in [6.07, 6.45) is 5.22. The summed E-state index contributed by atoms with van der Waals surface area (Å²) < 4.78 is 0. The lowest BCUT2D eigenvalue weighted by Crippen LogP contribution is -2.45. The van der Waals surface area contributed by atoms with Gasteiger partial charge in [0.1, 0.15) is 0 Å². The Morgan fingerprint density at radius 1 is 1.30 bits per heavy atom. The molecule has 0 aromatic heterocycles. The van der Waals surface area contributed by atoms with Gasteiger partial charge in [0, 0.05) is 32.1 Å². The molecule has 0 spiro atoms. The number of hydrogen-bond acceptors (Lipinski definition) is 3. The van der Waals surface area contributed by atoms with Crippen LogP contribution >= 0.6 is 0 Å².